The summed E-state index contributed by atoms with van der Waals surface area (Å²) >= 11 is 0. The molecule has 0 amide bonds. The average Bonchev–Trinajstić information content (AvgIpc) is 2.03. The van der Waals surface area contributed by atoms with Crippen molar-refractivity contribution in [2.45, 2.75) is 6.61 Å². The van der Waals surface area contributed by atoms with E-state index in [9.17, 15) is 12.9 Å². The first-order valence-electron chi connectivity index (χ1n) is 3.43. The Bertz CT molecular complexity index is 259. The van der Waals surface area contributed by atoms with Gasteiger partial charge in [-0.3, -0.25) is 0 Å². The van der Waals surface area contributed by atoms with Crippen molar-refractivity contribution in [2.24, 2.45) is 0 Å². The second kappa shape index (κ2) is 5.53. The van der Waals surface area contributed by atoms with Crippen LogP contribution in [0.2, 0.25) is 0 Å². The fourth-order valence-electron chi connectivity index (χ4n) is 0.841. The Labute approximate surface area is 117 Å². The molecule has 0 aliphatic rings. The zero-order valence-electron chi connectivity index (χ0n) is 7.17. The first-order valence-corrected chi connectivity index (χ1v) is 3.43. The molecule has 1 rings (SSSR count). The monoisotopic (exact) mass is 214 g/mol. The zero-order valence-corrected chi connectivity index (χ0v) is 10.3. The normalized spacial score (nSPS) is 10.8. The topological polar surface area (TPSA) is 20.2 Å². The zero-order chi connectivity index (χ0) is 9.19. The molecular weight excluding hydrogens is 207 g/mol. The van der Waals surface area contributed by atoms with E-state index in [1.165, 1.54) is 12.1 Å². The van der Waals surface area contributed by atoms with Crippen LogP contribution in [-0.2, 0) is 6.61 Å². The molecule has 0 saturated carbocycles. The maximum atomic E-state index is 12.0. The Kier molecular flexibility index (Phi) is 5.81. The van der Waals surface area contributed by atoms with Crippen molar-refractivity contribution in [1.82, 2.24) is 0 Å². The van der Waals surface area contributed by atoms with Gasteiger partial charge in [0.2, 0.25) is 0 Å². The van der Waals surface area contributed by atoms with Crippen LogP contribution in [0.3, 0.4) is 0 Å². The molecule has 0 atom stereocenters. The van der Waals surface area contributed by atoms with Crippen molar-refractivity contribution >= 4 is 12.4 Å². The fraction of sp³-hybridized carbons (Fsp3) is 0.143. The number of aliphatic hydroxyl groups excluding tert-OH is 1. The molecule has 0 aromatic heterocycles. The van der Waals surface area contributed by atoms with Crippen LogP contribution in [0.5, 0.6) is 0 Å². The number of halogens is 3. The Morgan fingerprint density at radius 3 is 1.85 bits per heavy atom. The molecule has 0 aliphatic carbocycles. The molecule has 0 radical (unpaired) electrons. The summed E-state index contributed by atoms with van der Waals surface area (Å²) in [6.45, 7) is -5.14. The quantitative estimate of drug-likeness (QED) is 0.578. The fourth-order valence-corrected chi connectivity index (χ4v) is 0.841. The smallest absolute Gasteiger partial charge is 0.445 e. The van der Waals surface area contributed by atoms with Gasteiger partial charge in [-0.1, -0.05) is 24.3 Å². The molecule has 0 heterocycles. The maximum absolute atomic E-state index is 12.0. The van der Waals surface area contributed by atoms with Gasteiger partial charge < -0.3 is 18.1 Å². The molecule has 0 bridgehead atoms. The van der Waals surface area contributed by atoms with Crippen molar-refractivity contribution in [3.63, 3.8) is 0 Å². The van der Waals surface area contributed by atoms with Crippen LogP contribution in [0.1, 0.15) is 5.56 Å². The molecule has 0 spiro atoms. The predicted molar refractivity (Wildman–Crippen MR) is 41.1 cm³/mol. The van der Waals surface area contributed by atoms with E-state index in [2.05, 4.69) is 0 Å². The number of aliphatic hydroxyl groups is 1. The summed E-state index contributed by atoms with van der Waals surface area (Å²) in [4.78, 5) is 0. The van der Waals surface area contributed by atoms with E-state index in [0.717, 1.165) is 12.1 Å². The maximum Gasteiger partial charge on any atom is 1.00 e. The molecule has 66 valence electrons. The van der Waals surface area contributed by atoms with Gasteiger partial charge in [-0.15, -0.1) is 5.46 Å². The van der Waals surface area contributed by atoms with Crippen LogP contribution in [0, 0.1) is 0 Å². The third-order valence-electron chi connectivity index (χ3n) is 1.54. The molecule has 13 heavy (non-hydrogen) atoms. The second-order valence-corrected chi connectivity index (χ2v) is 2.47. The summed E-state index contributed by atoms with van der Waals surface area (Å²) in [7, 11) is 0. The Morgan fingerprint density at radius 2 is 1.54 bits per heavy atom. The predicted octanol–water partition coefficient (Wildman–Crippen LogP) is -1.76. The van der Waals surface area contributed by atoms with Gasteiger partial charge in [0.15, 0.2) is 0 Å². The minimum Gasteiger partial charge on any atom is -0.445 e. The van der Waals surface area contributed by atoms with E-state index in [1.807, 2.05) is 0 Å². The number of hydrogen-bond acceptors (Lipinski definition) is 1. The molecular formula is C7H7BF3KO. The Morgan fingerprint density at radius 1 is 1.08 bits per heavy atom. The van der Waals surface area contributed by atoms with Crippen LogP contribution >= 0.6 is 0 Å². The summed E-state index contributed by atoms with van der Waals surface area (Å²) in [6, 6.07) is 4.49. The molecule has 0 fully saturated rings. The van der Waals surface area contributed by atoms with Gasteiger partial charge in [-0.2, -0.15) is 0 Å². The van der Waals surface area contributed by atoms with Gasteiger partial charge in [0.1, 0.15) is 0 Å². The van der Waals surface area contributed by atoms with E-state index >= 15 is 0 Å². The van der Waals surface area contributed by atoms with Crippen LogP contribution in [-0.4, -0.2) is 12.1 Å². The Hall–Kier alpha value is 0.671. The average molecular weight is 214 g/mol. The molecule has 0 aliphatic heterocycles. The third-order valence-corrected chi connectivity index (χ3v) is 1.54. The summed E-state index contributed by atoms with van der Waals surface area (Å²) in [5.41, 5.74) is -0.147. The molecule has 0 unspecified atom stereocenters. The second-order valence-electron chi connectivity index (χ2n) is 2.47. The van der Waals surface area contributed by atoms with Crippen molar-refractivity contribution < 1.29 is 69.4 Å². The van der Waals surface area contributed by atoms with Crippen LogP contribution in [0.15, 0.2) is 24.3 Å². The first-order chi connectivity index (χ1) is 5.54. The molecule has 1 aromatic carbocycles. The van der Waals surface area contributed by atoms with Gasteiger partial charge in [0.25, 0.3) is 0 Å². The third kappa shape index (κ3) is 4.14. The van der Waals surface area contributed by atoms with Gasteiger partial charge in [-0.25, -0.2) is 0 Å². The van der Waals surface area contributed by atoms with Crippen molar-refractivity contribution in [1.29, 1.82) is 0 Å². The van der Waals surface area contributed by atoms with Crippen molar-refractivity contribution in [3.8, 4) is 0 Å². The minimum atomic E-state index is -4.91. The van der Waals surface area contributed by atoms with Crippen molar-refractivity contribution in [2.75, 3.05) is 0 Å². The van der Waals surface area contributed by atoms with Crippen LogP contribution in [0.4, 0.5) is 12.9 Å². The van der Waals surface area contributed by atoms with E-state index in [0.29, 0.717) is 5.56 Å². The molecule has 6 heteroatoms. The number of benzene rings is 1. The van der Waals surface area contributed by atoms with E-state index in [-0.39, 0.29) is 58.0 Å². The standard InChI is InChI=1S/C7H7BF3O.K/c9-8(10,11)7-3-1-6(5-12)2-4-7;/h1-4,12H,5H2;/q-1;+1. The summed E-state index contributed by atoms with van der Waals surface area (Å²) in [5, 5.41) is 8.56. The van der Waals surface area contributed by atoms with Gasteiger partial charge in [0, 0.05) is 0 Å². The molecule has 1 aromatic rings. The van der Waals surface area contributed by atoms with Gasteiger partial charge in [-0.05, 0) is 5.56 Å². The summed E-state index contributed by atoms with van der Waals surface area (Å²) in [5.74, 6) is 0. The number of hydrogen-bond donors (Lipinski definition) is 1. The number of rotatable bonds is 2. The van der Waals surface area contributed by atoms with E-state index < -0.39 is 12.4 Å². The van der Waals surface area contributed by atoms with Gasteiger partial charge in [0.05, 0.1) is 6.61 Å². The SMILES string of the molecule is OCc1ccc([B-](F)(F)F)cc1.[K+]. The van der Waals surface area contributed by atoms with Crippen LogP contribution < -0.4 is 56.8 Å². The van der Waals surface area contributed by atoms with Crippen LogP contribution in [0.25, 0.3) is 0 Å². The van der Waals surface area contributed by atoms with Gasteiger partial charge >= 0.3 is 58.4 Å². The summed E-state index contributed by atoms with van der Waals surface area (Å²) < 4.78 is 36.1. The molecule has 1 nitrogen and oxygen atoms in total. The van der Waals surface area contributed by atoms with E-state index in [4.69, 9.17) is 5.11 Å². The van der Waals surface area contributed by atoms with Crippen molar-refractivity contribution in [3.05, 3.63) is 29.8 Å². The van der Waals surface area contributed by atoms with E-state index in [1.54, 1.807) is 0 Å². The Balaban J connectivity index is 0.00000144. The molecule has 1 N–H and O–H groups in total. The molecule has 0 saturated heterocycles. The minimum absolute atomic E-state index is 0. The largest absolute Gasteiger partial charge is 1.00 e. The summed E-state index contributed by atoms with van der Waals surface area (Å²) in [6.07, 6.45) is 0. The first kappa shape index (κ1) is 13.7.